The van der Waals surface area contributed by atoms with Crippen LogP contribution in [0.15, 0.2) is 61.2 Å². The van der Waals surface area contributed by atoms with E-state index in [4.69, 9.17) is 23.2 Å². The van der Waals surface area contributed by atoms with Crippen molar-refractivity contribution in [3.05, 3.63) is 82.4 Å². The van der Waals surface area contributed by atoms with E-state index in [2.05, 4.69) is 18.1 Å². The first-order valence-corrected chi connectivity index (χ1v) is 11.9. The number of nitrogens with one attached hydrogen (secondary N) is 1. The van der Waals surface area contributed by atoms with Crippen LogP contribution in [0.2, 0.25) is 10.0 Å². The predicted octanol–water partition coefficient (Wildman–Crippen LogP) is 6.78. The smallest absolute Gasteiger partial charge is 0.229 e. The minimum absolute atomic E-state index is 0.0115. The molecule has 5 atom stereocenters. The lowest BCUT2D eigenvalue weighted by atomic mass is 9.67. The summed E-state index contributed by atoms with van der Waals surface area (Å²) in [4.78, 5) is 16.1. The first-order valence-electron chi connectivity index (χ1n) is 11.1. The Morgan fingerprint density at radius 1 is 1.22 bits per heavy atom. The first-order chi connectivity index (χ1) is 15.3. The first kappa shape index (κ1) is 24.8. The maximum atomic E-state index is 14.1. The standard InChI is InChI=1S/C26H32Cl2N2O2/c1-5-14-26(4)16-22(19-8-7-9-21(28)15-19)24(18-10-12-20(27)13-11-18)30(25(26)31)23(6-2)17(3)29-32/h5,7-13,15,17,22-24,29,32H,1,6,14,16H2,2-4H3. The number of amides is 1. The van der Waals surface area contributed by atoms with Crippen molar-refractivity contribution in [1.82, 2.24) is 10.4 Å². The van der Waals surface area contributed by atoms with Crippen molar-refractivity contribution in [2.75, 3.05) is 0 Å². The number of hydrogen-bond acceptors (Lipinski definition) is 3. The molecular weight excluding hydrogens is 443 g/mol. The van der Waals surface area contributed by atoms with Crippen LogP contribution >= 0.6 is 23.2 Å². The molecule has 1 heterocycles. The molecule has 6 heteroatoms. The van der Waals surface area contributed by atoms with Gasteiger partial charge >= 0.3 is 0 Å². The molecule has 3 rings (SSSR count). The molecule has 0 aliphatic carbocycles. The Labute approximate surface area is 201 Å². The molecule has 0 aromatic heterocycles. The Morgan fingerprint density at radius 3 is 2.47 bits per heavy atom. The number of nitrogens with zero attached hydrogens (tertiary/aromatic N) is 1. The highest BCUT2D eigenvalue weighted by Gasteiger charge is 2.51. The second-order valence-corrected chi connectivity index (χ2v) is 9.89. The molecule has 5 unspecified atom stereocenters. The second-order valence-electron chi connectivity index (χ2n) is 9.02. The summed E-state index contributed by atoms with van der Waals surface area (Å²) in [6.07, 6.45) is 3.75. The molecule has 0 spiro atoms. The van der Waals surface area contributed by atoms with E-state index in [-0.39, 0.29) is 30.0 Å². The zero-order valence-electron chi connectivity index (χ0n) is 18.9. The molecule has 1 aliphatic rings. The highest BCUT2D eigenvalue weighted by Crippen LogP contribution is 2.52. The van der Waals surface area contributed by atoms with Crippen molar-refractivity contribution in [1.29, 1.82) is 0 Å². The summed E-state index contributed by atoms with van der Waals surface area (Å²) in [5.74, 6) is 0.0852. The van der Waals surface area contributed by atoms with Crippen molar-refractivity contribution < 1.29 is 10.0 Å². The van der Waals surface area contributed by atoms with Crippen LogP contribution in [0.4, 0.5) is 0 Å². The zero-order chi connectivity index (χ0) is 23.5. The van der Waals surface area contributed by atoms with Gasteiger partial charge in [0.15, 0.2) is 0 Å². The van der Waals surface area contributed by atoms with Crippen molar-refractivity contribution in [2.24, 2.45) is 5.41 Å². The quantitative estimate of drug-likeness (QED) is 0.327. The predicted molar refractivity (Wildman–Crippen MR) is 131 cm³/mol. The monoisotopic (exact) mass is 474 g/mol. The van der Waals surface area contributed by atoms with E-state index in [1.165, 1.54) is 0 Å². The molecule has 4 nitrogen and oxygen atoms in total. The summed E-state index contributed by atoms with van der Waals surface area (Å²) in [5.41, 5.74) is 3.87. The van der Waals surface area contributed by atoms with Gasteiger partial charge in [-0.1, -0.05) is 67.4 Å². The molecule has 1 fully saturated rings. The van der Waals surface area contributed by atoms with Crippen molar-refractivity contribution in [2.45, 2.75) is 64.1 Å². The number of benzene rings is 2. The van der Waals surface area contributed by atoms with Crippen molar-refractivity contribution in [3.63, 3.8) is 0 Å². The Hall–Kier alpha value is -1.85. The molecule has 0 bridgehead atoms. The summed E-state index contributed by atoms with van der Waals surface area (Å²) in [5, 5.41) is 11.1. The molecule has 2 aromatic carbocycles. The third kappa shape index (κ3) is 4.89. The molecule has 2 N–H and O–H groups in total. The fourth-order valence-corrected chi connectivity index (χ4v) is 5.45. The molecule has 0 radical (unpaired) electrons. The molecule has 172 valence electrons. The van der Waals surface area contributed by atoms with Crippen LogP contribution in [0.25, 0.3) is 0 Å². The van der Waals surface area contributed by atoms with E-state index in [1.54, 1.807) is 0 Å². The largest absolute Gasteiger partial charge is 0.330 e. The Balaban J connectivity index is 2.25. The number of hydroxylamine groups is 1. The topological polar surface area (TPSA) is 52.6 Å². The molecule has 32 heavy (non-hydrogen) atoms. The summed E-state index contributed by atoms with van der Waals surface area (Å²) < 4.78 is 0. The SMILES string of the molecule is C=CCC1(C)CC(c2cccc(Cl)c2)C(c2ccc(Cl)cc2)N(C(CC)C(C)NO)C1=O. The van der Waals surface area contributed by atoms with E-state index >= 15 is 0 Å². The van der Waals surface area contributed by atoms with Gasteiger partial charge in [0.1, 0.15) is 0 Å². The number of carbonyl (C=O) groups is 1. The van der Waals surface area contributed by atoms with Crippen molar-refractivity contribution >= 4 is 29.1 Å². The van der Waals surface area contributed by atoms with Gasteiger partial charge < -0.3 is 10.1 Å². The van der Waals surface area contributed by atoms with E-state index in [0.717, 1.165) is 11.1 Å². The number of carbonyl (C=O) groups excluding carboxylic acids is 1. The van der Waals surface area contributed by atoms with Crippen LogP contribution < -0.4 is 5.48 Å². The van der Waals surface area contributed by atoms with Gasteiger partial charge in [0, 0.05) is 28.0 Å². The zero-order valence-corrected chi connectivity index (χ0v) is 20.4. The van der Waals surface area contributed by atoms with Gasteiger partial charge in [-0.3, -0.25) is 4.79 Å². The molecule has 1 saturated heterocycles. The number of hydrogen-bond donors (Lipinski definition) is 2. The lowest BCUT2D eigenvalue weighted by molar-refractivity contribution is -0.156. The third-order valence-corrected chi connectivity index (χ3v) is 7.23. The van der Waals surface area contributed by atoms with Gasteiger partial charge in [-0.25, -0.2) is 5.48 Å². The summed E-state index contributed by atoms with van der Waals surface area (Å²) in [7, 11) is 0. The van der Waals surface area contributed by atoms with Crippen LogP contribution in [0.5, 0.6) is 0 Å². The highest BCUT2D eigenvalue weighted by molar-refractivity contribution is 6.30. The summed E-state index contributed by atoms with van der Waals surface area (Å²) in [6.45, 7) is 9.87. The number of piperidine rings is 1. The maximum Gasteiger partial charge on any atom is 0.229 e. The minimum atomic E-state index is -0.611. The van der Waals surface area contributed by atoms with Crippen LogP contribution in [-0.4, -0.2) is 28.1 Å². The third-order valence-electron chi connectivity index (χ3n) is 6.74. The lowest BCUT2D eigenvalue weighted by Gasteiger charge is -2.53. The Morgan fingerprint density at radius 2 is 1.91 bits per heavy atom. The molecule has 2 aromatic rings. The van der Waals surface area contributed by atoms with Crippen LogP contribution in [-0.2, 0) is 4.79 Å². The highest BCUT2D eigenvalue weighted by atomic mass is 35.5. The number of rotatable bonds is 8. The van der Waals surface area contributed by atoms with E-state index < -0.39 is 5.41 Å². The van der Waals surface area contributed by atoms with Crippen LogP contribution in [0.1, 0.15) is 63.1 Å². The van der Waals surface area contributed by atoms with Gasteiger partial charge in [0.25, 0.3) is 0 Å². The number of halogens is 2. The Bertz CT molecular complexity index is 949. The van der Waals surface area contributed by atoms with Crippen LogP contribution in [0, 0.1) is 5.41 Å². The van der Waals surface area contributed by atoms with Gasteiger partial charge in [0.2, 0.25) is 5.91 Å². The molecule has 1 amide bonds. The van der Waals surface area contributed by atoms with E-state index in [9.17, 15) is 10.0 Å². The van der Waals surface area contributed by atoms with Crippen molar-refractivity contribution in [3.8, 4) is 0 Å². The van der Waals surface area contributed by atoms with Gasteiger partial charge in [-0.15, -0.1) is 6.58 Å². The molecular formula is C26H32Cl2N2O2. The number of likely N-dealkylation sites (tertiary alicyclic amines) is 1. The van der Waals surface area contributed by atoms with E-state index in [0.29, 0.717) is 29.3 Å². The summed E-state index contributed by atoms with van der Waals surface area (Å²) in [6, 6.07) is 14.9. The maximum absolute atomic E-state index is 14.1. The van der Waals surface area contributed by atoms with E-state index in [1.807, 2.05) is 74.2 Å². The Kier molecular flexibility index (Phi) is 8.05. The van der Waals surface area contributed by atoms with Crippen LogP contribution in [0.3, 0.4) is 0 Å². The summed E-state index contributed by atoms with van der Waals surface area (Å²) >= 11 is 12.6. The molecule has 0 saturated carbocycles. The van der Waals surface area contributed by atoms with Gasteiger partial charge in [0.05, 0.1) is 11.5 Å². The average molecular weight is 475 g/mol. The lowest BCUT2D eigenvalue weighted by Crippen LogP contribution is -2.59. The normalized spacial score (nSPS) is 25.4. The van der Waals surface area contributed by atoms with Gasteiger partial charge in [-0.2, -0.15) is 0 Å². The second kappa shape index (κ2) is 10.4. The molecule has 1 aliphatic heterocycles. The minimum Gasteiger partial charge on any atom is -0.330 e. The fourth-order valence-electron chi connectivity index (χ4n) is 5.13. The average Bonchev–Trinajstić information content (AvgIpc) is 2.77. The number of allylic oxidation sites excluding steroid dienone is 1. The van der Waals surface area contributed by atoms with Gasteiger partial charge in [-0.05, 0) is 61.6 Å². The fraction of sp³-hybridized carbons (Fsp3) is 0.423.